The van der Waals surface area contributed by atoms with Crippen molar-refractivity contribution >= 4 is 21.7 Å². The number of likely N-dealkylation sites (N-methyl/N-ethyl adjacent to an activating group) is 1. The molecular formula is C12H17BrF3N3O. The SMILES string of the molecule is COCCNCCN(C)c1ncc(Br)cc1C(F)(F)F. The first-order valence-electron chi connectivity index (χ1n) is 5.99. The average molecular weight is 356 g/mol. The van der Waals surface area contributed by atoms with Gasteiger partial charge in [-0.25, -0.2) is 4.98 Å². The van der Waals surface area contributed by atoms with Gasteiger partial charge in [-0.05, 0) is 22.0 Å². The van der Waals surface area contributed by atoms with Gasteiger partial charge in [-0.15, -0.1) is 0 Å². The van der Waals surface area contributed by atoms with Gasteiger partial charge in [-0.3, -0.25) is 0 Å². The highest BCUT2D eigenvalue weighted by molar-refractivity contribution is 9.10. The Balaban J connectivity index is 2.70. The molecule has 114 valence electrons. The van der Waals surface area contributed by atoms with Crippen LogP contribution in [0.2, 0.25) is 0 Å². The molecule has 8 heteroatoms. The van der Waals surface area contributed by atoms with Crippen molar-refractivity contribution in [3.05, 3.63) is 22.3 Å². The van der Waals surface area contributed by atoms with E-state index in [1.807, 2.05) is 0 Å². The van der Waals surface area contributed by atoms with Crippen LogP contribution in [0.1, 0.15) is 5.56 Å². The summed E-state index contributed by atoms with van der Waals surface area (Å²) < 4.78 is 44.0. The Morgan fingerprint density at radius 2 is 2.10 bits per heavy atom. The Bertz CT molecular complexity index is 429. The second kappa shape index (κ2) is 7.80. The molecule has 0 aromatic carbocycles. The van der Waals surface area contributed by atoms with Gasteiger partial charge in [0, 0.05) is 44.5 Å². The third-order valence-electron chi connectivity index (χ3n) is 2.61. The molecular weight excluding hydrogens is 339 g/mol. The molecule has 0 amide bonds. The van der Waals surface area contributed by atoms with E-state index in [1.54, 1.807) is 14.2 Å². The van der Waals surface area contributed by atoms with Gasteiger partial charge in [0.05, 0.1) is 12.2 Å². The van der Waals surface area contributed by atoms with Crippen molar-refractivity contribution in [2.24, 2.45) is 0 Å². The van der Waals surface area contributed by atoms with E-state index in [4.69, 9.17) is 4.74 Å². The van der Waals surface area contributed by atoms with E-state index in [9.17, 15) is 13.2 Å². The lowest BCUT2D eigenvalue weighted by molar-refractivity contribution is -0.137. The first kappa shape index (κ1) is 17.2. The number of rotatable bonds is 7. The van der Waals surface area contributed by atoms with Gasteiger partial charge in [-0.2, -0.15) is 13.2 Å². The summed E-state index contributed by atoms with van der Waals surface area (Å²) in [6.07, 6.45) is -3.07. The molecule has 0 saturated carbocycles. The predicted octanol–water partition coefficient (Wildman–Crippen LogP) is 2.54. The minimum atomic E-state index is -4.43. The van der Waals surface area contributed by atoms with E-state index in [2.05, 4.69) is 26.2 Å². The van der Waals surface area contributed by atoms with Crippen LogP contribution in [0.4, 0.5) is 19.0 Å². The fourth-order valence-corrected chi connectivity index (χ4v) is 1.93. The van der Waals surface area contributed by atoms with Gasteiger partial charge in [0.25, 0.3) is 0 Å². The number of alkyl halides is 3. The third-order valence-corrected chi connectivity index (χ3v) is 3.04. The average Bonchev–Trinajstić information content (AvgIpc) is 2.37. The monoisotopic (exact) mass is 355 g/mol. The summed E-state index contributed by atoms with van der Waals surface area (Å²) in [5.74, 6) is -0.0748. The van der Waals surface area contributed by atoms with Crippen LogP contribution in [-0.2, 0) is 10.9 Å². The zero-order valence-corrected chi connectivity index (χ0v) is 12.9. The molecule has 0 bridgehead atoms. The molecule has 0 fully saturated rings. The highest BCUT2D eigenvalue weighted by Crippen LogP contribution is 2.36. The van der Waals surface area contributed by atoms with Crippen molar-refractivity contribution in [2.45, 2.75) is 6.18 Å². The third kappa shape index (κ3) is 5.26. The molecule has 0 radical (unpaired) electrons. The summed E-state index contributed by atoms with van der Waals surface area (Å²) in [6.45, 7) is 2.19. The second-order valence-electron chi connectivity index (χ2n) is 4.19. The standard InChI is InChI=1S/C12H17BrF3N3O/c1-19(5-3-17-4-6-20-2)11-10(12(14,15)16)7-9(13)8-18-11/h7-8,17H,3-6H2,1-2H3. The molecule has 0 atom stereocenters. The Labute approximate surface area is 124 Å². The normalized spacial score (nSPS) is 11.7. The number of halogens is 4. The molecule has 4 nitrogen and oxygen atoms in total. The van der Waals surface area contributed by atoms with Crippen molar-refractivity contribution in [3.63, 3.8) is 0 Å². The number of hydrogen-bond acceptors (Lipinski definition) is 4. The number of methoxy groups -OCH3 is 1. The molecule has 1 aromatic heterocycles. The Morgan fingerprint density at radius 3 is 2.70 bits per heavy atom. The maximum absolute atomic E-state index is 13.0. The lowest BCUT2D eigenvalue weighted by Crippen LogP contribution is -2.32. The van der Waals surface area contributed by atoms with Crippen LogP contribution in [0, 0.1) is 0 Å². The maximum atomic E-state index is 13.0. The molecule has 0 unspecified atom stereocenters. The fourth-order valence-electron chi connectivity index (χ4n) is 1.60. The van der Waals surface area contributed by atoms with Gasteiger partial charge in [-0.1, -0.05) is 0 Å². The highest BCUT2D eigenvalue weighted by atomic mass is 79.9. The zero-order valence-electron chi connectivity index (χ0n) is 11.3. The number of nitrogens with zero attached hydrogens (tertiary/aromatic N) is 2. The van der Waals surface area contributed by atoms with Crippen molar-refractivity contribution < 1.29 is 17.9 Å². The van der Waals surface area contributed by atoms with Crippen LogP contribution >= 0.6 is 15.9 Å². The van der Waals surface area contributed by atoms with Crippen LogP contribution < -0.4 is 10.2 Å². The van der Waals surface area contributed by atoms with E-state index < -0.39 is 11.7 Å². The molecule has 20 heavy (non-hydrogen) atoms. The second-order valence-corrected chi connectivity index (χ2v) is 5.10. The number of pyridine rings is 1. The predicted molar refractivity (Wildman–Crippen MR) is 75.0 cm³/mol. The number of anilines is 1. The van der Waals surface area contributed by atoms with Crippen molar-refractivity contribution in [1.82, 2.24) is 10.3 Å². The Kier molecular flexibility index (Phi) is 6.70. The molecule has 0 spiro atoms. The molecule has 1 rings (SSSR count). The number of ether oxygens (including phenoxy) is 1. The van der Waals surface area contributed by atoms with E-state index in [1.165, 1.54) is 11.1 Å². The van der Waals surface area contributed by atoms with E-state index in [0.717, 1.165) is 6.07 Å². The first-order valence-corrected chi connectivity index (χ1v) is 6.79. The number of hydrogen-bond donors (Lipinski definition) is 1. The molecule has 0 aliphatic heterocycles. The Morgan fingerprint density at radius 1 is 1.40 bits per heavy atom. The van der Waals surface area contributed by atoms with Gasteiger partial charge >= 0.3 is 6.18 Å². The van der Waals surface area contributed by atoms with Crippen LogP contribution in [0.3, 0.4) is 0 Å². The van der Waals surface area contributed by atoms with Crippen LogP contribution in [-0.4, -0.2) is 45.4 Å². The lowest BCUT2D eigenvalue weighted by Gasteiger charge is -2.22. The molecule has 1 heterocycles. The molecule has 0 saturated heterocycles. The van der Waals surface area contributed by atoms with Gasteiger partial charge in [0.2, 0.25) is 0 Å². The van der Waals surface area contributed by atoms with Crippen molar-refractivity contribution in [1.29, 1.82) is 0 Å². The summed E-state index contributed by atoms with van der Waals surface area (Å²) in [5.41, 5.74) is -0.744. The minimum absolute atomic E-state index is 0.0748. The largest absolute Gasteiger partial charge is 0.419 e. The molecule has 0 aliphatic carbocycles. The van der Waals surface area contributed by atoms with E-state index in [-0.39, 0.29) is 5.82 Å². The minimum Gasteiger partial charge on any atom is -0.383 e. The van der Waals surface area contributed by atoms with E-state index >= 15 is 0 Å². The number of nitrogens with one attached hydrogen (secondary N) is 1. The summed E-state index contributed by atoms with van der Waals surface area (Å²) in [7, 11) is 3.18. The van der Waals surface area contributed by atoms with Crippen molar-refractivity contribution in [3.8, 4) is 0 Å². The van der Waals surface area contributed by atoms with Gasteiger partial charge < -0.3 is 15.0 Å². The molecule has 1 N–H and O–H groups in total. The lowest BCUT2D eigenvalue weighted by atomic mass is 10.2. The molecule has 0 aliphatic rings. The first-order chi connectivity index (χ1) is 9.36. The van der Waals surface area contributed by atoms with Gasteiger partial charge in [0.1, 0.15) is 5.82 Å². The van der Waals surface area contributed by atoms with Gasteiger partial charge in [0.15, 0.2) is 0 Å². The number of aromatic nitrogens is 1. The Hall–Kier alpha value is -0.860. The maximum Gasteiger partial charge on any atom is 0.419 e. The summed E-state index contributed by atoms with van der Waals surface area (Å²) in [4.78, 5) is 5.35. The van der Waals surface area contributed by atoms with E-state index in [0.29, 0.717) is 30.7 Å². The van der Waals surface area contributed by atoms with Crippen LogP contribution in [0.25, 0.3) is 0 Å². The van der Waals surface area contributed by atoms with Crippen molar-refractivity contribution in [2.75, 3.05) is 45.3 Å². The molecule has 1 aromatic rings. The summed E-state index contributed by atoms with van der Waals surface area (Å²) in [6, 6.07) is 1.04. The smallest absolute Gasteiger partial charge is 0.383 e. The highest BCUT2D eigenvalue weighted by Gasteiger charge is 2.35. The quantitative estimate of drug-likeness (QED) is 0.762. The fraction of sp³-hybridized carbons (Fsp3) is 0.583. The summed E-state index contributed by atoms with van der Waals surface area (Å²) in [5, 5.41) is 3.07. The summed E-state index contributed by atoms with van der Waals surface area (Å²) >= 11 is 3.01. The topological polar surface area (TPSA) is 37.4 Å². The zero-order chi connectivity index (χ0) is 15.2. The van der Waals surface area contributed by atoms with Crippen LogP contribution in [0.15, 0.2) is 16.7 Å². The van der Waals surface area contributed by atoms with Crippen LogP contribution in [0.5, 0.6) is 0 Å².